The van der Waals surface area contributed by atoms with E-state index in [0.717, 1.165) is 29.1 Å². The average molecular weight is 260 g/mol. The van der Waals surface area contributed by atoms with Crippen LogP contribution in [0.25, 0.3) is 0 Å². The lowest BCUT2D eigenvalue weighted by Gasteiger charge is -2.14. The van der Waals surface area contributed by atoms with Crippen molar-refractivity contribution in [2.75, 3.05) is 0 Å². The monoisotopic (exact) mass is 260 g/mol. The highest BCUT2D eigenvalue weighted by Gasteiger charge is 2.10. The molecule has 0 saturated heterocycles. The zero-order valence-corrected chi connectivity index (χ0v) is 11.6. The van der Waals surface area contributed by atoms with E-state index in [9.17, 15) is 5.11 Å². The molecule has 1 aromatic carbocycles. The summed E-state index contributed by atoms with van der Waals surface area (Å²) < 4.78 is 7.88. The number of aromatic nitrogens is 2. The molecule has 0 aliphatic heterocycles. The minimum atomic E-state index is -0.535. The van der Waals surface area contributed by atoms with E-state index in [4.69, 9.17) is 4.74 Å². The Bertz CT molecular complexity index is 547. The van der Waals surface area contributed by atoms with Gasteiger partial charge in [0.1, 0.15) is 12.4 Å². The Kier molecular flexibility index (Phi) is 4.22. The third-order valence-corrected chi connectivity index (χ3v) is 3.13. The van der Waals surface area contributed by atoms with E-state index >= 15 is 0 Å². The van der Waals surface area contributed by atoms with Crippen LogP contribution < -0.4 is 4.74 Å². The molecule has 4 heteroatoms. The Labute approximate surface area is 113 Å². The maximum absolute atomic E-state index is 9.76. The predicted octanol–water partition coefficient (Wildman–Crippen LogP) is 2.84. The number of imidazole rings is 1. The SMILES string of the molecule is CCn1cncc1COc1cc(C)ccc1C(C)O. The number of hydrogen-bond acceptors (Lipinski definition) is 3. The van der Waals surface area contributed by atoms with Crippen LogP contribution in [0.2, 0.25) is 0 Å². The standard InChI is InChI=1S/C15H20N2O2/c1-4-17-10-16-8-13(17)9-19-15-7-11(2)5-6-14(15)12(3)18/h5-8,10,12,18H,4,9H2,1-3H3. The van der Waals surface area contributed by atoms with Gasteiger partial charge in [0.2, 0.25) is 0 Å². The van der Waals surface area contributed by atoms with Gasteiger partial charge in [-0.05, 0) is 32.4 Å². The number of ether oxygens (including phenoxy) is 1. The maximum atomic E-state index is 9.76. The molecule has 0 aliphatic carbocycles. The lowest BCUT2D eigenvalue weighted by molar-refractivity contribution is 0.189. The second kappa shape index (κ2) is 5.89. The van der Waals surface area contributed by atoms with Crippen LogP contribution in [0.5, 0.6) is 5.75 Å². The van der Waals surface area contributed by atoms with Crippen molar-refractivity contribution in [1.82, 2.24) is 9.55 Å². The van der Waals surface area contributed by atoms with Crippen molar-refractivity contribution in [2.45, 2.75) is 40.0 Å². The third-order valence-electron chi connectivity index (χ3n) is 3.13. The van der Waals surface area contributed by atoms with E-state index in [1.165, 1.54) is 0 Å². The topological polar surface area (TPSA) is 47.3 Å². The zero-order chi connectivity index (χ0) is 13.8. The van der Waals surface area contributed by atoms with Crippen molar-refractivity contribution in [3.8, 4) is 5.75 Å². The Balaban J connectivity index is 2.17. The highest BCUT2D eigenvalue weighted by atomic mass is 16.5. The van der Waals surface area contributed by atoms with Crippen LogP contribution in [0.4, 0.5) is 0 Å². The van der Waals surface area contributed by atoms with Gasteiger partial charge in [0.25, 0.3) is 0 Å². The number of aliphatic hydroxyl groups is 1. The van der Waals surface area contributed by atoms with Gasteiger partial charge in [-0.3, -0.25) is 0 Å². The number of rotatable bonds is 5. The van der Waals surface area contributed by atoms with Crippen LogP contribution in [-0.4, -0.2) is 14.7 Å². The first-order valence-electron chi connectivity index (χ1n) is 6.52. The summed E-state index contributed by atoms with van der Waals surface area (Å²) >= 11 is 0. The number of nitrogens with zero attached hydrogens (tertiary/aromatic N) is 2. The van der Waals surface area contributed by atoms with Crippen LogP contribution >= 0.6 is 0 Å². The normalized spacial score (nSPS) is 12.4. The van der Waals surface area contributed by atoms with Gasteiger partial charge < -0.3 is 14.4 Å². The quantitative estimate of drug-likeness (QED) is 0.899. The second-order valence-corrected chi connectivity index (χ2v) is 4.68. The lowest BCUT2D eigenvalue weighted by atomic mass is 10.1. The van der Waals surface area contributed by atoms with Gasteiger partial charge in [-0.25, -0.2) is 4.98 Å². The van der Waals surface area contributed by atoms with Crippen LogP contribution in [0, 0.1) is 6.92 Å². The fraction of sp³-hybridized carbons (Fsp3) is 0.400. The minimum Gasteiger partial charge on any atom is -0.487 e. The minimum absolute atomic E-state index is 0.455. The van der Waals surface area contributed by atoms with E-state index in [0.29, 0.717) is 6.61 Å². The summed E-state index contributed by atoms with van der Waals surface area (Å²) in [5.74, 6) is 0.735. The molecular weight excluding hydrogens is 240 g/mol. The first-order valence-corrected chi connectivity index (χ1v) is 6.52. The Morgan fingerprint density at radius 1 is 1.42 bits per heavy atom. The highest BCUT2D eigenvalue weighted by molar-refractivity contribution is 5.38. The zero-order valence-electron chi connectivity index (χ0n) is 11.6. The summed E-state index contributed by atoms with van der Waals surface area (Å²) in [6, 6.07) is 5.84. The maximum Gasteiger partial charge on any atom is 0.130 e. The molecule has 0 aliphatic rings. The Morgan fingerprint density at radius 2 is 2.21 bits per heavy atom. The van der Waals surface area contributed by atoms with E-state index in [1.54, 1.807) is 19.4 Å². The first kappa shape index (κ1) is 13.6. The van der Waals surface area contributed by atoms with Crippen LogP contribution in [0.15, 0.2) is 30.7 Å². The summed E-state index contributed by atoms with van der Waals surface area (Å²) in [6.07, 6.45) is 3.07. The molecule has 0 amide bonds. The molecule has 1 unspecified atom stereocenters. The van der Waals surface area contributed by atoms with E-state index in [1.807, 2.05) is 29.7 Å². The predicted molar refractivity (Wildman–Crippen MR) is 74.0 cm³/mol. The highest BCUT2D eigenvalue weighted by Crippen LogP contribution is 2.27. The van der Waals surface area contributed by atoms with Crippen molar-refractivity contribution in [2.24, 2.45) is 0 Å². The van der Waals surface area contributed by atoms with Gasteiger partial charge in [0.15, 0.2) is 0 Å². The molecule has 0 bridgehead atoms. The molecule has 102 valence electrons. The van der Waals surface area contributed by atoms with Crippen LogP contribution in [0.1, 0.15) is 36.8 Å². The van der Waals surface area contributed by atoms with Crippen molar-refractivity contribution in [3.63, 3.8) is 0 Å². The van der Waals surface area contributed by atoms with E-state index < -0.39 is 6.10 Å². The fourth-order valence-electron chi connectivity index (χ4n) is 2.02. The van der Waals surface area contributed by atoms with E-state index in [2.05, 4.69) is 11.9 Å². The Hall–Kier alpha value is -1.81. The third kappa shape index (κ3) is 3.15. The molecule has 1 N–H and O–H groups in total. The van der Waals surface area contributed by atoms with Crippen molar-refractivity contribution in [1.29, 1.82) is 0 Å². The first-order chi connectivity index (χ1) is 9.11. The molecule has 1 atom stereocenters. The molecule has 19 heavy (non-hydrogen) atoms. The lowest BCUT2D eigenvalue weighted by Crippen LogP contribution is -2.06. The molecule has 2 rings (SSSR count). The van der Waals surface area contributed by atoms with Gasteiger partial charge in [0, 0.05) is 12.1 Å². The largest absolute Gasteiger partial charge is 0.487 e. The smallest absolute Gasteiger partial charge is 0.130 e. The van der Waals surface area contributed by atoms with Crippen LogP contribution in [-0.2, 0) is 13.2 Å². The Morgan fingerprint density at radius 3 is 2.89 bits per heavy atom. The molecule has 4 nitrogen and oxygen atoms in total. The summed E-state index contributed by atoms with van der Waals surface area (Å²) in [5.41, 5.74) is 2.96. The van der Waals surface area contributed by atoms with Gasteiger partial charge in [-0.2, -0.15) is 0 Å². The van der Waals surface area contributed by atoms with E-state index in [-0.39, 0.29) is 0 Å². The molecule has 0 fully saturated rings. The average Bonchev–Trinajstić information content (AvgIpc) is 2.83. The molecule has 0 spiro atoms. The molecule has 0 saturated carbocycles. The molecule has 2 aromatic rings. The molecule has 1 heterocycles. The van der Waals surface area contributed by atoms with Gasteiger partial charge >= 0.3 is 0 Å². The van der Waals surface area contributed by atoms with Crippen LogP contribution in [0.3, 0.4) is 0 Å². The summed E-state index contributed by atoms with van der Waals surface area (Å²) in [5, 5.41) is 9.76. The van der Waals surface area contributed by atoms with Crippen molar-refractivity contribution in [3.05, 3.63) is 47.5 Å². The summed E-state index contributed by atoms with van der Waals surface area (Å²) in [7, 11) is 0. The van der Waals surface area contributed by atoms with Gasteiger partial charge in [-0.1, -0.05) is 12.1 Å². The number of benzene rings is 1. The van der Waals surface area contributed by atoms with Crippen molar-refractivity contribution < 1.29 is 9.84 Å². The number of aryl methyl sites for hydroxylation is 2. The number of aliphatic hydroxyl groups excluding tert-OH is 1. The fourth-order valence-corrected chi connectivity index (χ4v) is 2.02. The second-order valence-electron chi connectivity index (χ2n) is 4.68. The molecular formula is C15H20N2O2. The number of hydrogen-bond donors (Lipinski definition) is 1. The van der Waals surface area contributed by atoms with Crippen molar-refractivity contribution >= 4 is 0 Å². The summed E-state index contributed by atoms with van der Waals surface area (Å²) in [6.45, 7) is 7.15. The molecule has 0 radical (unpaired) electrons. The van der Waals surface area contributed by atoms with Gasteiger partial charge in [-0.15, -0.1) is 0 Å². The van der Waals surface area contributed by atoms with Gasteiger partial charge in [0.05, 0.1) is 24.3 Å². The molecule has 1 aromatic heterocycles. The summed E-state index contributed by atoms with van der Waals surface area (Å²) in [4.78, 5) is 4.11.